The lowest BCUT2D eigenvalue weighted by Gasteiger charge is -2.20. The zero-order valence-electron chi connectivity index (χ0n) is 12.1. The SMILES string of the molecule is CCC(Nc1cc(C(=O)O)ccc1C)c1ccc(Br)cc1. The largest absolute Gasteiger partial charge is 0.478 e. The van der Waals surface area contributed by atoms with Crippen molar-refractivity contribution in [2.24, 2.45) is 0 Å². The van der Waals surface area contributed by atoms with Crippen LogP contribution >= 0.6 is 15.9 Å². The van der Waals surface area contributed by atoms with Gasteiger partial charge in [0.05, 0.1) is 11.6 Å². The number of carbonyl (C=O) groups is 1. The Morgan fingerprint density at radius 1 is 1.24 bits per heavy atom. The first-order chi connectivity index (χ1) is 10.0. The molecule has 4 heteroatoms. The van der Waals surface area contributed by atoms with Gasteiger partial charge in [0, 0.05) is 10.2 Å². The Hall–Kier alpha value is -1.81. The number of benzene rings is 2. The summed E-state index contributed by atoms with van der Waals surface area (Å²) in [4.78, 5) is 11.1. The number of aryl methyl sites for hydroxylation is 1. The standard InChI is InChI=1S/C17H18BrNO2/c1-3-15(12-6-8-14(18)9-7-12)19-16-10-13(17(20)21)5-4-11(16)2/h4-10,15,19H,3H2,1-2H3,(H,20,21). The highest BCUT2D eigenvalue weighted by Gasteiger charge is 2.12. The van der Waals surface area contributed by atoms with E-state index in [4.69, 9.17) is 5.11 Å². The monoisotopic (exact) mass is 347 g/mol. The van der Waals surface area contributed by atoms with Gasteiger partial charge in [0.25, 0.3) is 0 Å². The summed E-state index contributed by atoms with van der Waals surface area (Å²) >= 11 is 3.43. The minimum atomic E-state index is -0.908. The molecule has 1 unspecified atom stereocenters. The summed E-state index contributed by atoms with van der Waals surface area (Å²) in [6.45, 7) is 4.08. The van der Waals surface area contributed by atoms with Gasteiger partial charge >= 0.3 is 5.97 Å². The topological polar surface area (TPSA) is 49.3 Å². The Bertz CT molecular complexity index is 638. The van der Waals surface area contributed by atoms with Crippen molar-refractivity contribution in [3.05, 3.63) is 63.6 Å². The second kappa shape index (κ2) is 6.76. The number of rotatable bonds is 5. The van der Waals surface area contributed by atoms with Crippen molar-refractivity contribution in [2.45, 2.75) is 26.3 Å². The second-order valence-corrected chi connectivity index (χ2v) is 5.91. The highest BCUT2D eigenvalue weighted by atomic mass is 79.9. The van der Waals surface area contributed by atoms with Crippen LogP contribution in [-0.4, -0.2) is 11.1 Å². The molecule has 2 rings (SSSR count). The summed E-state index contributed by atoms with van der Waals surface area (Å²) in [6.07, 6.45) is 0.915. The molecule has 0 heterocycles. The quantitative estimate of drug-likeness (QED) is 0.798. The third-order valence-electron chi connectivity index (χ3n) is 3.49. The maximum absolute atomic E-state index is 11.1. The smallest absolute Gasteiger partial charge is 0.335 e. The third-order valence-corrected chi connectivity index (χ3v) is 4.02. The maximum Gasteiger partial charge on any atom is 0.335 e. The molecule has 0 aliphatic carbocycles. The first-order valence-corrected chi connectivity index (χ1v) is 7.66. The van der Waals surface area contributed by atoms with E-state index in [9.17, 15) is 4.79 Å². The van der Waals surface area contributed by atoms with Gasteiger partial charge in [-0.1, -0.05) is 41.1 Å². The summed E-state index contributed by atoms with van der Waals surface area (Å²) in [5.74, 6) is -0.908. The van der Waals surface area contributed by atoms with E-state index >= 15 is 0 Å². The fraction of sp³-hybridized carbons (Fsp3) is 0.235. The Labute approximate surface area is 133 Å². The van der Waals surface area contributed by atoms with Crippen molar-refractivity contribution in [3.8, 4) is 0 Å². The fourth-order valence-electron chi connectivity index (χ4n) is 2.21. The average molecular weight is 348 g/mol. The van der Waals surface area contributed by atoms with Gasteiger partial charge in [-0.05, 0) is 48.7 Å². The summed E-state index contributed by atoms with van der Waals surface area (Å²) < 4.78 is 1.05. The predicted molar refractivity (Wildman–Crippen MR) is 88.9 cm³/mol. The van der Waals surface area contributed by atoms with Crippen LogP contribution in [0.5, 0.6) is 0 Å². The zero-order valence-corrected chi connectivity index (χ0v) is 13.6. The minimum Gasteiger partial charge on any atom is -0.478 e. The number of carboxylic acid groups (broad SMARTS) is 1. The molecule has 1 atom stereocenters. The van der Waals surface area contributed by atoms with Crippen molar-refractivity contribution in [2.75, 3.05) is 5.32 Å². The molecule has 0 saturated carbocycles. The molecule has 0 aromatic heterocycles. The summed E-state index contributed by atoms with van der Waals surface area (Å²) in [7, 11) is 0. The van der Waals surface area contributed by atoms with Gasteiger partial charge in [-0.15, -0.1) is 0 Å². The minimum absolute atomic E-state index is 0.154. The summed E-state index contributed by atoms with van der Waals surface area (Å²) in [5.41, 5.74) is 3.38. The number of carboxylic acids is 1. The molecule has 0 aliphatic heterocycles. The van der Waals surface area contributed by atoms with E-state index < -0.39 is 5.97 Å². The lowest BCUT2D eigenvalue weighted by Crippen LogP contribution is -2.11. The highest BCUT2D eigenvalue weighted by Crippen LogP contribution is 2.26. The number of hydrogen-bond donors (Lipinski definition) is 2. The van der Waals surface area contributed by atoms with E-state index in [1.54, 1.807) is 12.1 Å². The number of anilines is 1. The van der Waals surface area contributed by atoms with Crippen LogP contribution < -0.4 is 5.32 Å². The van der Waals surface area contributed by atoms with E-state index in [2.05, 4.69) is 40.3 Å². The highest BCUT2D eigenvalue weighted by molar-refractivity contribution is 9.10. The third kappa shape index (κ3) is 3.85. The molecule has 0 radical (unpaired) electrons. The van der Waals surface area contributed by atoms with Crippen LogP contribution in [-0.2, 0) is 0 Å². The maximum atomic E-state index is 11.1. The number of nitrogens with one attached hydrogen (secondary N) is 1. The van der Waals surface area contributed by atoms with Crippen molar-refractivity contribution >= 4 is 27.6 Å². The van der Waals surface area contributed by atoms with Crippen LogP contribution in [0.25, 0.3) is 0 Å². The van der Waals surface area contributed by atoms with Gasteiger partial charge < -0.3 is 10.4 Å². The molecule has 3 nitrogen and oxygen atoms in total. The lowest BCUT2D eigenvalue weighted by atomic mass is 10.0. The molecular weight excluding hydrogens is 330 g/mol. The van der Waals surface area contributed by atoms with E-state index in [-0.39, 0.29) is 6.04 Å². The molecule has 0 aliphatic rings. The molecule has 0 spiro atoms. The molecule has 2 aromatic rings. The van der Waals surface area contributed by atoms with E-state index in [0.717, 1.165) is 22.1 Å². The normalized spacial score (nSPS) is 12.0. The molecule has 21 heavy (non-hydrogen) atoms. The van der Waals surface area contributed by atoms with Gasteiger partial charge in [-0.2, -0.15) is 0 Å². The van der Waals surface area contributed by atoms with E-state index in [1.165, 1.54) is 5.56 Å². The van der Waals surface area contributed by atoms with Crippen LogP contribution in [0.4, 0.5) is 5.69 Å². The van der Waals surface area contributed by atoms with E-state index in [1.807, 2.05) is 25.1 Å². The van der Waals surface area contributed by atoms with Crippen LogP contribution in [0, 0.1) is 6.92 Å². The van der Waals surface area contributed by atoms with Crippen LogP contribution in [0.2, 0.25) is 0 Å². The molecule has 0 saturated heterocycles. The van der Waals surface area contributed by atoms with Crippen LogP contribution in [0.15, 0.2) is 46.9 Å². The molecule has 0 bridgehead atoms. The van der Waals surface area contributed by atoms with Crippen molar-refractivity contribution in [1.82, 2.24) is 0 Å². The molecule has 2 N–H and O–H groups in total. The lowest BCUT2D eigenvalue weighted by molar-refractivity contribution is 0.0697. The molecule has 0 fully saturated rings. The van der Waals surface area contributed by atoms with Crippen LogP contribution in [0.3, 0.4) is 0 Å². The molecular formula is C17H18BrNO2. The van der Waals surface area contributed by atoms with E-state index in [0.29, 0.717) is 5.56 Å². The molecule has 2 aromatic carbocycles. The predicted octanol–water partition coefficient (Wildman–Crippen LogP) is 5.02. The second-order valence-electron chi connectivity index (χ2n) is 4.99. The van der Waals surface area contributed by atoms with Gasteiger partial charge in [0.1, 0.15) is 0 Å². The van der Waals surface area contributed by atoms with Gasteiger partial charge in [-0.3, -0.25) is 0 Å². The first-order valence-electron chi connectivity index (χ1n) is 6.87. The summed E-state index contributed by atoms with van der Waals surface area (Å²) in [6, 6.07) is 13.5. The van der Waals surface area contributed by atoms with Crippen molar-refractivity contribution in [1.29, 1.82) is 0 Å². The Kier molecular flexibility index (Phi) is 5.02. The zero-order chi connectivity index (χ0) is 15.4. The van der Waals surface area contributed by atoms with Gasteiger partial charge in [-0.25, -0.2) is 4.79 Å². The Morgan fingerprint density at radius 3 is 2.48 bits per heavy atom. The number of halogens is 1. The Morgan fingerprint density at radius 2 is 1.90 bits per heavy atom. The van der Waals surface area contributed by atoms with Crippen molar-refractivity contribution < 1.29 is 9.90 Å². The molecule has 110 valence electrons. The number of aromatic carboxylic acids is 1. The average Bonchev–Trinajstić information content (AvgIpc) is 2.47. The van der Waals surface area contributed by atoms with Gasteiger partial charge in [0.2, 0.25) is 0 Å². The molecule has 0 amide bonds. The summed E-state index contributed by atoms with van der Waals surface area (Å²) in [5, 5.41) is 12.6. The van der Waals surface area contributed by atoms with Crippen LogP contribution in [0.1, 0.15) is 40.9 Å². The number of hydrogen-bond acceptors (Lipinski definition) is 2. The van der Waals surface area contributed by atoms with Gasteiger partial charge in [0.15, 0.2) is 0 Å². The Balaban J connectivity index is 2.28. The first kappa shape index (κ1) is 15.6. The fourth-order valence-corrected chi connectivity index (χ4v) is 2.48. The van der Waals surface area contributed by atoms with Crippen molar-refractivity contribution in [3.63, 3.8) is 0 Å².